The van der Waals surface area contributed by atoms with Crippen molar-refractivity contribution in [2.24, 2.45) is 0 Å². The molecule has 1 aromatic heterocycles. The maximum absolute atomic E-state index is 10.4. The Bertz CT molecular complexity index is 1060. The number of phenolic OH excluding ortho intramolecular Hbond substituents is 1. The van der Waals surface area contributed by atoms with Gasteiger partial charge < -0.3 is 14.6 Å². The molecular formula is C23H20N2O3. The number of aromatic amines is 1. The molecule has 5 nitrogen and oxygen atoms in total. The first-order valence-electron chi connectivity index (χ1n) is 8.92. The average Bonchev–Trinajstić information content (AvgIpc) is 3.23. The highest BCUT2D eigenvalue weighted by Crippen LogP contribution is 2.38. The van der Waals surface area contributed by atoms with Gasteiger partial charge in [-0.1, -0.05) is 30.3 Å². The second-order valence-electron chi connectivity index (χ2n) is 6.34. The fraction of sp³-hybridized carbons (Fsp3) is 0.0870. The van der Waals surface area contributed by atoms with Gasteiger partial charge in [0.2, 0.25) is 0 Å². The molecule has 4 rings (SSSR count). The van der Waals surface area contributed by atoms with Crippen LogP contribution in [-0.2, 0) is 6.61 Å². The summed E-state index contributed by atoms with van der Waals surface area (Å²) in [6.45, 7) is 0.460. The lowest BCUT2D eigenvalue weighted by Gasteiger charge is -2.11. The first-order chi connectivity index (χ1) is 13.7. The van der Waals surface area contributed by atoms with E-state index in [1.807, 2.05) is 60.7 Å². The van der Waals surface area contributed by atoms with Gasteiger partial charge in [0.15, 0.2) is 0 Å². The third kappa shape index (κ3) is 3.69. The van der Waals surface area contributed by atoms with E-state index >= 15 is 0 Å². The number of aromatic nitrogens is 2. The molecule has 0 saturated heterocycles. The molecule has 0 amide bonds. The number of methoxy groups -OCH3 is 1. The number of aromatic hydroxyl groups is 1. The van der Waals surface area contributed by atoms with Crippen molar-refractivity contribution in [3.8, 4) is 39.6 Å². The smallest absolute Gasteiger partial charge is 0.123 e. The van der Waals surface area contributed by atoms with Crippen LogP contribution >= 0.6 is 0 Å². The molecule has 3 aromatic carbocycles. The number of benzene rings is 3. The van der Waals surface area contributed by atoms with Crippen LogP contribution < -0.4 is 9.47 Å². The number of nitrogens with one attached hydrogen (secondary N) is 1. The lowest BCUT2D eigenvalue weighted by molar-refractivity contribution is 0.306. The molecule has 0 aliphatic carbocycles. The zero-order valence-electron chi connectivity index (χ0n) is 15.4. The molecule has 0 bridgehead atoms. The van der Waals surface area contributed by atoms with E-state index in [0.29, 0.717) is 17.9 Å². The molecule has 140 valence electrons. The van der Waals surface area contributed by atoms with E-state index in [4.69, 9.17) is 9.47 Å². The second-order valence-corrected chi connectivity index (χ2v) is 6.34. The molecule has 0 unspecified atom stereocenters. The van der Waals surface area contributed by atoms with Crippen LogP contribution in [0.25, 0.3) is 22.4 Å². The normalized spacial score (nSPS) is 10.6. The monoisotopic (exact) mass is 372 g/mol. The summed E-state index contributed by atoms with van der Waals surface area (Å²) >= 11 is 0. The van der Waals surface area contributed by atoms with Gasteiger partial charge in [-0.2, -0.15) is 5.10 Å². The third-order valence-electron chi connectivity index (χ3n) is 4.52. The van der Waals surface area contributed by atoms with E-state index in [-0.39, 0.29) is 5.75 Å². The van der Waals surface area contributed by atoms with Crippen LogP contribution in [0.1, 0.15) is 5.56 Å². The number of nitrogens with zero attached hydrogens (tertiary/aromatic N) is 1. The molecule has 0 radical (unpaired) electrons. The zero-order valence-corrected chi connectivity index (χ0v) is 15.4. The van der Waals surface area contributed by atoms with Gasteiger partial charge in [0.25, 0.3) is 0 Å². The maximum atomic E-state index is 10.4. The lowest BCUT2D eigenvalue weighted by atomic mass is 10.0. The fourth-order valence-corrected chi connectivity index (χ4v) is 3.03. The van der Waals surface area contributed by atoms with Gasteiger partial charge in [-0.3, -0.25) is 5.10 Å². The third-order valence-corrected chi connectivity index (χ3v) is 4.52. The van der Waals surface area contributed by atoms with Crippen LogP contribution in [0.2, 0.25) is 0 Å². The minimum absolute atomic E-state index is 0.170. The van der Waals surface area contributed by atoms with Gasteiger partial charge in [-0.25, -0.2) is 0 Å². The van der Waals surface area contributed by atoms with Crippen LogP contribution in [0, 0.1) is 0 Å². The van der Waals surface area contributed by atoms with Crippen LogP contribution in [0.15, 0.2) is 79.0 Å². The van der Waals surface area contributed by atoms with Crippen molar-refractivity contribution < 1.29 is 14.6 Å². The molecule has 1 heterocycles. The Labute approximate surface area is 163 Å². The molecule has 28 heavy (non-hydrogen) atoms. The van der Waals surface area contributed by atoms with Gasteiger partial charge >= 0.3 is 0 Å². The number of ether oxygens (including phenoxy) is 2. The maximum Gasteiger partial charge on any atom is 0.123 e. The summed E-state index contributed by atoms with van der Waals surface area (Å²) < 4.78 is 11.1. The SMILES string of the molecule is COc1ccc(-c2[nH]ncc2-c2cc(OCc3ccccc3)ccc2O)cc1. The van der Waals surface area contributed by atoms with Crippen LogP contribution in [0.5, 0.6) is 17.2 Å². The van der Waals surface area contributed by atoms with Crippen molar-refractivity contribution in [1.29, 1.82) is 0 Å². The minimum atomic E-state index is 0.170. The summed E-state index contributed by atoms with van der Waals surface area (Å²) in [6, 6.07) is 22.9. The van der Waals surface area contributed by atoms with Crippen molar-refractivity contribution >= 4 is 0 Å². The molecule has 0 fully saturated rings. The molecule has 0 aliphatic heterocycles. The van der Waals surface area contributed by atoms with E-state index in [2.05, 4.69) is 10.2 Å². The van der Waals surface area contributed by atoms with Crippen LogP contribution in [0.4, 0.5) is 0 Å². The Balaban J connectivity index is 1.63. The molecule has 2 N–H and O–H groups in total. The standard InChI is InChI=1S/C23H20N2O3/c1-27-18-9-7-17(8-10-18)23-21(14-24-25-23)20-13-19(11-12-22(20)26)28-15-16-5-3-2-4-6-16/h2-14,26H,15H2,1H3,(H,24,25). The zero-order chi connectivity index (χ0) is 19.3. The molecule has 4 aromatic rings. The summed E-state index contributed by atoms with van der Waals surface area (Å²) in [7, 11) is 1.63. The lowest BCUT2D eigenvalue weighted by Crippen LogP contribution is -1.95. The Morgan fingerprint density at radius 3 is 2.39 bits per heavy atom. The topological polar surface area (TPSA) is 67.4 Å². The summed E-state index contributed by atoms with van der Waals surface area (Å²) in [6.07, 6.45) is 1.70. The van der Waals surface area contributed by atoms with Crippen molar-refractivity contribution in [3.05, 3.63) is 84.6 Å². The number of H-pyrrole nitrogens is 1. The molecule has 0 saturated carbocycles. The predicted octanol–water partition coefficient (Wildman–Crippen LogP) is 5.04. The van der Waals surface area contributed by atoms with Crippen molar-refractivity contribution in [2.75, 3.05) is 7.11 Å². The molecular weight excluding hydrogens is 352 g/mol. The van der Waals surface area contributed by atoms with Gasteiger partial charge in [0, 0.05) is 16.7 Å². The molecule has 0 spiro atoms. The Morgan fingerprint density at radius 1 is 0.893 bits per heavy atom. The average molecular weight is 372 g/mol. The van der Waals surface area contributed by atoms with Crippen LogP contribution in [0.3, 0.4) is 0 Å². The van der Waals surface area contributed by atoms with E-state index in [9.17, 15) is 5.11 Å². The molecule has 0 aliphatic rings. The van der Waals surface area contributed by atoms with Crippen molar-refractivity contribution in [3.63, 3.8) is 0 Å². The first kappa shape index (κ1) is 17.7. The largest absolute Gasteiger partial charge is 0.507 e. The van der Waals surface area contributed by atoms with Gasteiger partial charge in [-0.15, -0.1) is 0 Å². The number of phenols is 1. The van der Waals surface area contributed by atoms with E-state index in [1.165, 1.54) is 0 Å². The van der Waals surface area contributed by atoms with Crippen molar-refractivity contribution in [1.82, 2.24) is 10.2 Å². The van der Waals surface area contributed by atoms with Crippen molar-refractivity contribution in [2.45, 2.75) is 6.61 Å². The summed E-state index contributed by atoms with van der Waals surface area (Å²) in [5.74, 6) is 1.63. The number of hydrogen-bond donors (Lipinski definition) is 2. The first-order valence-corrected chi connectivity index (χ1v) is 8.92. The van der Waals surface area contributed by atoms with Gasteiger partial charge in [-0.05, 0) is 48.0 Å². The highest BCUT2D eigenvalue weighted by molar-refractivity contribution is 5.84. The Hall–Kier alpha value is -3.73. The van der Waals surface area contributed by atoms with E-state index in [1.54, 1.807) is 25.4 Å². The number of rotatable bonds is 6. The van der Waals surface area contributed by atoms with Gasteiger partial charge in [0.1, 0.15) is 23.9 Å². The fourth-order valence-electron chi connectivity index (χ4n) is 3.03. The van der Waals surface area contributed by atoms with Crippen LogP contribution in [-0.4, -0.2) is 22.4 Å². The summed E-state index contributed by atoms with van der Waals surface area (Å²) in [5, 5.41) is 17.6. The van der Waals surface area contributed by atoms with E-state index in [0.717, 1.165) is 28.1 Å². The van der Waals surface area contributed by atoms with E-state index < -0.39 is 0 Å². The quantitative estimate of drug-likeness (QED) is 0.498. The predicted molar refractivity (Wildman–Crippen MR) is 108 cm³/mol. The Kier molecular flexibility index (Phi) is 4.97. The highest BCUT2D eigenvalue weighted by atomic mass is 16.5. The molecule has 5 heteroatoms. The summed E-state index contributed by atoms with van der Waals surface area (Å²) in [4.78, 5) is 0. The summed E-state index contributed by atoms with van der Waals surface area (Å²) in [5.41, 5.74) is 4.30. The minimum Gasteiger partial charge on any atom is -0.507 e. The Morgan fingerprint density at radius 2 is 1.64 bits per heavy atom. The molecule has 0 atom stereocenters. The number of hydrogen-bond acceptors (Lipinski definition) is 4. The highest BCUT2D eigenvalue weighted by Gasteiger charge is 2.14. The second kappa shape index (κ2) is 7.88. The van der Waals surface area contributed by atoms with Gasteiger partial charge in [0.05, 0.1) is 19.0 Å².